The maximum absolute atomic E-state index is 12.5. The molecule has 0 saturated carbocycles. The average molecular weight is 997 g/mol. The van der Waals surface area contributed by atoms with Gasteiger partial charge in [0.05, 0.1) is 18.8 Å². The number of carbonyl (C=O) groups excluding carboxylic acids is 1. The van der Waals surface area contributed by atoms with Crippen molar-refractivity contribution in [2.45, 2.75) is 296 Å². The normalized spacial score (nSPS) is 13.7. The first kappa shape index (κ1) is 68.8. The Morgan fingerprint density at radius 3 is 0.917 bits per heavy atom. The molecule has 412 valence electrons. The Morgan fingerprint density at radius 2 is 0.611 bits per heavy atom. The maximum Gasteiger partial charge on any atom is 0.220 e. The molecule has 0 aromatic rings. The van der Waals surface area contributed by atoms with Gasteiger partial charge in [0, 0.05) is 6.42 Å². The van der Waals surface area contributed by atoms with Crippen LogP contribution in [-0.4, -0.2) is 34.9 Å². The van der Waals surface area contributed by atoms with Crippen molar-refractivity contribution in [3.8, 4) is 0 Å². The van der Waals surface area contributed by atoms with Crippen LogP contribution >= 0.6 is 0 Å². The molecule has 4 heteroatoms. The second kappa shape index (κ2) is 62.1. The number of allylic oxidation sites excluding steroid dienone is 19. The molecule has 1 amide bonds. The molecule has 0 rings (SSSR count). The number of amides is 1. The fourth-order valence-corrected chi connectivity index (χ4v) is 8.82. The largest absolute Gasteiger partial charge is 0.394 e. The third kappa shape index (κ3) is 57.7. The summed E-state index contributed by atoms with van der Waals surface area (Å²) < 4.78 is 0. The molecular weight excluding hydrogens is 879 g/mol. The molecule has 0 bridgehead atoms. The van der Waals surface area contributed by atoms with Gasteiger partial charge in [0.1, 0.15) is 0 Å². The van der Waals surface area contributed by atoms with Gasteiger partial charge >= 0.3 is 0 Å². The standard InChI is InChI=1S/C68H117NO3/c1-3-5-7-9-11-13-15-17-19-21-23-25-26-27-28-29-30-31-32-33-34-35-36-37-38-39-40-41-42-44-46-48-50-52-54-56-58-60-62-64-68(72)69-66(65-70)67(71)63-61-59-57-55-53-51-49-47-45-43-24-22-20-18-16-14-12-10-8-6-4-2/h5,7,11,13,17,19,23,25,27-28,30-31,33-34,36-37,39-40,61,63,66-67,70-71H,3-4,6,8-10,12,14-16,18,20-22,24,26,29,32,35,38,41-60,62,64-65H2,1-2H3,(H,69,72)/b7-5-,13-11-,19-17-,25-23-,28-27-,31-30-,34-33-,37-36-,40-39-,63-61+. The van der Waals surface area contributed by atoms with Crippen molar-refractivity contribution in [3.05, 3.63) is 122 Å². The van der Waals surface area contributed by atoms with Crippen LogP contribution in [0.5, 0.6) is 0 Å². The van der Waals surface area contributed by atoms with Gasteiger partial charge in [-0.1, -0.05) is 309 Å². The van der Waals surface area contributed by atoms with Crippen LogP contribution < -0.4 is 5.32 Å². The molecule has 0 aromatic heterocycles. The summed E-state index contributed by atoms with van der Waals surface area (Å²) >= 11 is 0. The number of aliphatic hydroxyl groups is 2. The van der Waals surface area contributed by atoms with Crippen molar-refractivity contribution in [1.82, 2.24) is 5.32 Å². The molecule has 0 heterocycles. The second-order valence-corrected chi connectivity index (χ2v) is 20.4. The molecule has 0 aromatic carbocycles. The van der Waals surface area contributed by atoms with E-state index in [2.05, 4.69) is 129 Å². The number of carbonyl (C=O) groups is 1. The molecule has 72 heavy (non-hydrogen) atoms. The van der Waals surface area contributed by atoms with E-state index < -0.39 is 12.1 Å². The summed E-state index contributed by atoms with van der Waals surface area (Å²) in [5.74, 6) is -0.0695. The highest BCUT2D eigenvalue weighted by Gasteiger charge is 2.18. The Labute approximate surface area is 448 Å². The van der Waals surface area contributed by atoms with Crippen LogP contribution in [-0.2, 0) is 4.79 Å². The van der Waals surface area contributed by atoms with Crippen molar-refractivity contribution in [2.75, 3.05) is 6.61 Å². The molecular formula is C68H117NO3. The Hall–Kier alpha value is -3.21. The summed E-state index contributed by atoms with van der Waals surface area (Å²) in [5, 5.41) is 23.2. The third-order valence-corrected chi connectivity index (χ3v) is 13.5. The first-order chi connectivity index (χ1) is 35.7. The van der Waals surface area contributed by atoms with Crippen molar-refractivity contribution in [1.29, 1.82) is 0 Å². The molecule has 0 radical (unpaired) electrons. The highest BCUT2D eigenvalue weighted by molar-refractivity contribution is 5.76. The molecule has 2 unspecified atom stereocenters. The van der Waals surface area contributed by atoms with Crippen molar-refractivity contribution in [2.24, 2.45) is 0 Å². The Balaban J connectivity index is 3.58. The van der Waals surface area contributed by atoms with Crippen molar-refractivity contribution >= 4 is 5.91 Å². The van der Waals surface area contributed by atoms with Gasteiger partial charge in [0.25, 0.3) is 0 Å². The fraction of sp³-hybridized carbons (Fsp3) is 0.691. The summed E-state index contributed by atoms with van der Waals surface area (Å²) in [6.45, 7) is 4.21. The highest BCUT2D eigenvalue weighted by atomic mass is 16.3. The van der Waals surface area contributed by atoms with E-state index in [1.54, 1.807) is 6.08 Å². The van der Waals surface area contributed by atoms with E-state index in [0.29, 0.717) is 6.42 Å². The number of aliphatic hydroxyl groups excluding tert-OH is 2. The van der Waals surface area contributed by atoms with E-state index in [-0.39, 0.29) is 12.5 Å². The highest BCUT2D eigenvalue weighted by Crippen LogP contribution is 2.16. The molecule has 4 nitrogen and oxygen atoms in total. The van der Waals surface area contributed by atoms with Gasteiger partial charge in [0.15, 0.2) is 0 Å². The Bertz CT molecular complexity index is 1410. The van der Waals surface area contributed by atoms with Crippen LogP contribution in [0.25, 0.3) is 0 Å². The van der Waals surface area contributed by atoms with Gasteiger partial charge in [0.2, 0.25) is 5.91 Å². The molecule has 2 atom stereocenters. The molecule has 0 spiro atoms. The van der Waals surface area contributed by atoms with E-state index in [1.165, 1.54) is 180 Å². The summed E-state index contributed by atoms with van der Waals surface area (Å²) in [5.41, 5.74) is 0. The fourth-order valence-electron chi connectivity index (χ4n) is 8.82. The summed E-state index contributed by atoms with van der Waals surface area (Å²) in [4.78, 5) is 12.5. The van der Waals surface area contributed by atoms with Crippen LogP contribution in [0.4, 0.5) is 0 Å². The van der Waals surface area contributed by atoms with Crippen LogP contribution in [0.2, 0.25) is 0 Å². The molecule has 0 aliphatic carbocycles. The lowest BCUT2D eigenvalue weighted by Crippen LogP contribution is -2.45. The number of rotatable bonds is 55. The van der Waals surface area contributed by atoms with E-state index in [0.717, 1.165) is 83.5 Å². The minimum Gasteiger partial charge on any atom is -0.394 e. The lowest BCUT2D eigenvalue weighted by Gasteiger charge is -2.20. The smallest absolute Gasteiger partial charge is 0.220 e. The lowest BCUT2D eigenvalue weighted by molar-refractivity contribution is -0.123. The van der Waals surface area contributed by atoms with Gasteiger partial charge in [-0.15, -0.1) is 0 Å². The predicted octanol–water partition coefficient (Wildman–Crippen LogP) is 20.8. The molecule has 0 saturated heterocycles. The monoisotopic (exact) mass is 996 g/mol. The average Bonchev–Trinajstić information content (AvgIpc) is 3.39. The molecule has 0 fully saturated rings. The topological polar surface area (TPSA) is 69.6 Å². The van der Waals surface area contributed by atoms with Gasteiger partial charge in [-0.05, 0) is 89.9 Å². The van der Waals surface area contributed by atoms with Crippen LogP contribution in [0.3, 0.4) is 0 Å². The first-order valence-electron chi connectivity index (χ1n) is 30.7. The van der Waals surface area contributed by atoms with E-state index >= 15 is 0 Å². The molecule has 0 aliphatic heterocycles. The summed E-state index contributed by atoms with van der Waals surface area (Å²) in [6.07, 6.45) is 95.1. The number of hydrogen-bond donors (Lipinski definition) is 3. The quantitative estimate of drug-likeness (QED) is 0.0420. The minimum atomic E-state index is -0.848. The predicted molar refractivity (Wildman–Crippen MR) is 322 cm³/mol. The lowest BCUT2D eigenvalue weighted by atomic mass is 10.0. The Kier molecular flexibility index (Phi) is 59.3. The van der Waals surface area contributed by atoms with Crippen molar-refractivity contribution < 1.29 is 15.0 Å². The third-order valence-electron chi connectivity index (χ3n) is 13.5. The van der Waals surface area contributed by atoms with Crippen molar-refractivity contribution in [3.63, 3.8) is 0 Å². The van der Waals surface area contributed by atoms with E-state index in [9.17, 15) is 15.0 Å². The summed E-state index contributed by atoms with van der Waals surface area (Å²) in [6, 6.07) is -0.632. The molecule has 3 N–H and O–H groups in total. The zero-order chi connectivity index (χ0) is 52.0. The first-order valence-corrected chi connectivity index (χ1v) is 30.7. The van der Waals surface area contributed by atoms with Gasteiger partial charge in [-0.3, -0.25) is 4.79 Å². The Morgan fingerprint density at radius 1 is 0.347 bits per heavy atom. The van der Waals surface area contributed by atoms with Gasteiger partial charge < -0.3 is 15.5 Å². The zero-order valence-electron chi connectivity index (χ0n) is 47.4. The van der Waals surface area contributed by atoms with Crippen LogP contribution in [0, 0.1) is 0 Å². The van der Waals surface area contributed by atoms with Gasteiger partial charge in [-0.2, -0.15) is 0 Å². The zero-order valence-corrected chi connectivity index (χ0v) is 47.4. The van der Waals surface area contributed by atoms with E-state index in [4.69, 9.17) is 0 Å². The molecule has 0 aliphatic rings. The van der Waals surface area contributed by atoms with Crippen LogP contribution in [0.15, 0.2) is 122 Å². The van der Waals surface area contributed by atoms with Crippen LogP contribution in [0.1, 0.15) is 284 Å². The van der Waals surface area contributed by atoms with E-state index in [1.807, 2.05) is 6.08 Å². The summed E-state index contributed by atoms with van der Waals surface area (Å²) in [7, 11) is 0. The number of unbranched alkanes of at least 4 members (excludes halogenated alkanes) is 30. The second-order valence-electron chi connectivity index (χ2n) is 20.4. The van der Waals surface area contributed by atoms with Gasteiger partial charge in [-0.25, -0.2) is 0 Å². The SMILES string of the molecule is CC/C=C\C/C=C\C/C=C\C/C=C\C/C=C\C/C=C\C/C=C\C/C=C\C/C=C\CCCCCCCCCCCCCC(=O)NC(CO)C(O)/C=C/CCCCCCCCCCCCCCCCCCCCC. The number of hydrogen-bond acceptors (Lipinski definition) is 3. The maximum atomic E-state index is 12.5. The minimum absolute atomic E-state index is 0.0695. The number of nitrogens with one attached hydrogen (secondary N) is 1.